The molecule has 0 spiro atoms. The first kappa shape index (κ1) is 18.9. The zero-order valence-corrected chi connectivity index (χ0v) is 16.3. The molecule has 0 saturated carbocycles. The Kier molecular flexibility index (Phi) is 7.09. The molecule has 4 nitrogen and oxygen atoms in total. The Balaban J connectivity index is 1.43. The Bertz CT molecular complexity index is 707. The van der Waals surface area contributed by atoms with E-state index in [0.29, 0.717) is 5.75 Å². The first-order chi connectivity index (χ1) is 12.7. The fourth-order valence-corrected chi connectivity index (χ4v) is 4.24. The van der Waals surface area contributed by atoms with Crippen LogP contribution < -0.4 is 0 Å². The number of hydrogen-bond acceptors (Lipinski definition) is 4. The van der Waals surface area contributed by atoms with Crippen molar-refractivity contribution in [2.75, 3.05) is 31.9 Å². The van der Waals surface area contributed by atoms with Crippen molar-refractivity contribution in [2.24, 2.45) is 0 Å². The predicted molar refractivity (Wildman–Crippen MR) is 108 cm³/mol. The van der Waals surface area contributed by atoms with E-state index in [4.69, 9.17) is 0 Å². The minimum Gasteiger partial charge on any atom is -0.341 e. The van der Waals surface area contributed by atoms with E-state index in [-0.39, 0.29) is 5.91 Å². The third-order valence-electron chi connectivity index (χ3n) is 4.84. The van der Waals surface area contributed by atoms with Gasteiger partial charge in [0.15, 0.2) is 0 Å². The van der Waals surface area contributed by atoms with Crippen molar-refractivity contribution >= 4 is 17.7 Å². The van der Waals surface area contributed by atoms with Crippen molar-refractivity contribution < 1.29 is 4.79 Å². The predicted octanol–water partition coefficient (Wildman–Crippen LogP) is 3.36. The van der Waals surface area contributed by atoms with Crippen molar-refractivity contribution in [3.63, 3.8) is 0 Å². The summed E-state index contributed by atoms with van der Waals surface area (Å²) in [5.74, 6) is 1.74. The fourth-order valence-electron chi connectivity index (χ4n) is 3.24. The molecule has 1 aliphatic rings. The van der Waals surface area contributed by atoms with Crippen LogP contribution in [0, 0.1) is 6.92 Å². The Hall–Kier alpha value is -1.85. The van der Waals surface area contributed by atoms with Crippen LogP contribution in [0.5, 0.6) is 0 Å². The molecule has 0 bridgehead atoms. The molecular weight excluding hydrogens is 342 g/mol. The number of pyridine rings is 1. The lowest BCUT2D eigenvalue weighted by atomic mass is 10.1. The van der Waals surface area contributed by atoms with Crippen LogP contribution in [0.2, 0.25) is 0 Å². The van der Waals surface area contributed by atoms with Gasteiger partial charge in [-0.3, -0.25) is 14.7 Å². The second-order valence-corrected chi connectivity index (χ2v) is 7.77. The molecule has 2 aromatic rings. The molecule has 1 aromatic carbocycles. The lowest BCUT2D eigenvalue weighted by Crippen LogP contribution is -2.36. The second kappa shape index (κ2) is 9.74. The molecule has 0 aliphatic carbocycles. The highest BCUT2D eigenvalue weighted by molar-refractivity contribution is 7.99. The summed E-state index contributed by atoms with van der Waals surface area (Å²) < 4.78 is 0. The van der Waals surface area contributed by atoms with E-state index in [9.17, 15) is 4.79 Å². The standard InChI is InChI=1S/C21H27N3OS/c1-18-5-2-3-6-20(18)16-26-17-21(25)24-12-4-11-23(13-14-24)15-19-7-9-22-10-8-19/h2-3,5-10H,4,11-17H2,1H3. The fraction of sp³-hybridized carbons (Fsp3) is 0.429. The molecule has 1 amide bonds. The van der Waals surface area contributed by atoms with E-state index in [1.165, 1.54) is 16.7 Å². The number of thioether (sulfide) groups is 1. The van der Waals surface area contributed by atoms with Crippen molar-refractivity contribution in [3.05, 3.63) is 65.5 Å². The number of aryl methyl sites for hydroxylation is 1. The van der Waals surface area contributed by atoms with Gasteiger partial charge in [-0.1, -0.05) is 24.3 Å². The molecular formula is C21H27N3OS. The molecule has 1 aromatic heterocycles. The van der Waals surface area contributed by atoms with E-state index < -0.39 is 0 Å². The van der Waals surface area contributed by atoms with Crippen LogP contribution in [0.1, 0.15) is 23.1 Å². The van der Waals surface area contributed by atoms with Crippen LogP contribution >= 0.6 is 11.8 Å². The number of nitrogens with zero attached hydrogens (tertiary/aromatic N) is 3. The first-order valence-corrected chi connectivity index (χ1v) is 10.4. The lowest BCUT2D eigenvalue weighted by molar-refractivity contribution is -0.128. The van der Waals surface area contributed by atoms with Crippen molar-refractivity contribution in [3.8, 4) is 0 Å². The van der Waals surface area contributed by atoms with Crippen molar-refractivity contribution in [1.29, 1.82) is 0 Å². The smallest absolute Gasteiger partial charge is 0.232 e. The quantitative estimate of drug-likeness (QED) is 0.782. The van der Waals surface area contributed by atoms with Crippen LogP contribution in [0.3, 0.4) is 0 Å². The molecule has 1 fully saturated rings. The number of hydrogen-bond donors (Lipinski definition) is 0. The molecule has 0 radical (unpaired) electrons. The minimum atomic E-state index is 0.273. The second-order valence-electron chi connectivity index (χ2n) is 6.79. The van der Waals surface area contributed by atoms with Gasteiger partial charge < -0.3 is 4.90 Å². The Morgan fingerprint density at radius 1 is 1.08 bits per heavy atom. The molecule has 3 rings (SSSR count). The zero-order valence-electron chi connectivity index (χ0n) is 15.4. The van der Waals surface area contributed by atoms with Crippen LogP contribution in [0.4, 0.5) is 0 Å². The molecule has 1 aliphatic heterocycles. The molecule has 0 unspecified atom stereocenters. The van der Waals surface area contributed by atoms with Gasteiger partial charge in [0.1, 0.15) is 0 Å². The maximum absolute atomic E-state index is 12.6. The highest BCUT2D eigenvalue weighted by atomic mass is 32.2. The number of carbonyl (C=O) groups is 1. The number of carbonyl (C=O) groups excluding carboxylic acids is 1. The van der Waals surface area contributed by atoms with Gasteiger partial charge in [0, 0.05) is 50.9 Å². The summed E-state index contributed by atoms with van der Waals surface area (Å²) in [4.78, 5) is 21.1. The number of aromatic nitrogens is 1. The summed E-state index contributed by atoms with van der Waals surface area (Å²) in [7, 11) is 0. The molecule has 0 atom stereocenters. The van der Waals surface area contributed by atoms with Crippen molar-refractivity contribution in [1.82, 2.24) is 14.8 Å². The Labute approximate surface area is 160 Å². The van der Waals surface area contributed by atoms with E-state index >= 15 is 0 Å². The van der Waals surface area contributed by atoms with Crippen LogP contribution in [0.25, 0.3) is 0 Å². The van der Waals surface area contributed by atoms with Crippen molar-refractivity contribution in [2.45, 2.75) is 25.6 Å². The topological polar surface area (TPSA) is 36.4 Å². The summed E-state index contributed by atoms with van der Waals surface area (Å²) >= 11 is 1.72. The van der Waals surface area contributed by atoms with E-state index in [1.54, 1.807) is 11.8 Å². The molecule has 1 saturated heterocycles. The van der Waals surface area contributed by atoms with Gasteiger partial charge in [-0.2, -0.15) is 0 Å². The van der Waals surface area contributed by atoms with Gasteiger partial charge in [0.05, 0.1) is 5.75 Å². The van der Waals surface area contributed by atoms with Crippen LogP contribution in [-0.4, -0.2) is 52.6 Å². The summed E-state index contributed by atoms with van der Waals surface area (Å²) in [6, 6.07) is 12.5. The summed E-state index contributed by atoms with van der Waals surface area (Å²) in [5, 5.41) is 0. The summed E-state index contributed by atoms with van der Waals surface area (Å²) in [6.07, 6.45) is 4.72. The SMILES string of the molecule is Cc1ccccc1CSCC(=O)N1CCCN(Cc2ccncc2)CC1. The van der Waals surface area contributed by atoms with E-state index in [2.05, 4.69) is 53.2 Å². The third-order valence-corrected chi connectivity index (χ3v) is 5.81. The first-order valence-electron chi connectivity index (χ1n) is 9.23. The highest BCUT2D eigenvalue weighted by Crippen LogP contribution is 2.17. The van der Waals surface area contributed by atoms with Gasteiger partial charge >= 0.3 is 0 Å². The number of amides is 1. The van der Waals surface area contributed by atoms with Gasteiger partial charge in [-0.05, 0) is 42.2 Å². The number of rotatable bonds is 6. The van der Waals surface area contributed by atoms with Gasteiger partial charge in [0.2, 0.25) is 5.91 Å². The van der Waals surface area contributed by atoms with Gasteiger partial charge in [0.25, 0.3) is 0 Å². The monoisotopic (exact) mass is 369 g/mol. The minimum absolute atomic E-state index is 0.273. The lowest BCUT2D eigenvalue weighted by Gasteiger charge is -2.22. The molecule has 2 heterocycles. The highest BCUT2D eigenvalue weighted by Gasteiger charge is 2.19. The zero-order chi connectivity index (χ0) is 18.2. The van der Waals surface area contributed by atoms with E-state index in [0.717, 1.165) is 44.9 Å². The average molecular weight is 370 g/mol. The van der Waals surface area contributed by atoms with Crippen LogP contribution in [0.15, 0.2) is 48.8 Å². The summed E-state index contributed by atoms with van der Waals surface area (Å²) in [5.41, 5.74) is 3.91. The summed E-state index contributed by atoms with van der Waals surface area (Å²) in [6.45, 7) is 6.75. The molecule has 26 heavy (non-hydrogen) atoms. The number of benzene rings is 1. The Morgan fingerprint density at radius 2 is 1.88 bits per heavy atom. The van der Waals surface area contributed by atoms with E-state index in [1.807, 2.05) is 17.3 Å². The maximum Gasteiger partial charge on any atom is 0.232 e. The normalized spacial score (nSPS) is 15.7. The Morgan fingerprint density at radius 3 is 2.69 bits per heavy atom. The van der Waals surface area contributed by atoms with Crippen LogP contribution in [-0.2, 0) is 17.1 Å². The molecule has 138 valence electrons. The molecule has 0 N–H and O–H groups in total. The average Bonchev–Trinajstić information content (AvgIpc) is 2.90. The van der Waals surface area contributed by atoms with Gasteiger partial charge in [-0.15, -0.1) is 11.8 Å². The maximum atomic E-state index is 12.6. The largest absolute Gasteiger partial charge is 0.341 e. The molecule has 5 heteroatoms. The third kappa shape index (κ3) is 5.58. The van der Waals surface area contributed by atoms with Gasteiger partial charge in [-0.25, -0.2) is 0 Å².